The number of carbonyl (C=O) groups excluding carboxylic acids is 1. The predicted octanol–water partition coefficient (Wildman–Crippen LogP) is 0.771. The lowest BCUT2D eigenvalue weighted by atomic mass is 10.0. The van der Waals surface area contributed by atoms with Gasteiger partial charge >= 0.3 is 5.69 Å². The number of hydrogen-bond acceptors (Lipinski definition) is 3. The summed E-state index contributed by atoms with van der Waals surface area (Å²) in [6.07, 6.45) is 0. The van der Waals surface area contributed by atoms with Crippen LogP contribution < -0.4 is 16.7 Å². The molecule has 5 N–H and O–H groups in total. The highest BCUT2D eigenvalue weighted by Crippen LogP contribution is 2.17. The SMILES string of the molecule is CC(NC(=O)C(C)(C)N)c1ccc2[nH]c(=O)[nH]c2c1. The molecule has 102 valence electrons. The van der Waals surface area contributed by atoms with Crippen LogP contribution in [-0.2, 0) is 4.79 Å². The molecule has 0 aliphatic carbocycles. The quantitative estimate of drug-likeness (QED) is 0.656. The average Bonchev–Trinajstić information content (AvgIpc) is 2.66. The highest BCUT2D eigenvalue weighted by molar-refractivity contribution is 5.85. The number of nitrogens with two attached hydrogens (primary N) is 1. The molecule has 6 nitrogen and oxygen atoms in total. The van der Waals surface area contributed by atoms with E-state index in [1.54, 1.807) is 19.9 Å². The van der Waals surface area contributed by atoms with Crippen LogP contribution in [0.4, 0.5) is 0 Å². The van der Waals surface area contributed by atoms with Crippen LogP contribution in [0.25, 0.3) is 11.0 Å². The molecule has 1 aromatic heterocycles. The molecule has 1 amide bonds. The van der Waals surface area contributed by atoms with Crippen molar-refractivity contribution in [3.63, 3.8) is 0 Å². The van der Waals surface area contributed by atoms with E-state index < -0.39 is 5.54 Å². The number of imidazole rings is 1. The van der Waals surface area contributed by atoms with Crippen LogP contribution in [0, 0.1) is 0 Å². The van der Waals surface area contributed by atoms with Crippen LogP contribution >= 0.6 is 0 Å². The maximum atomic E-state index is 11.8. The molecule has 1 aromatic carbocycles. The van der Waals surface area contributed by atoms with Gasteiger partial charge in [-0.2, -0.15) is 0 Å². The van der Waals surface area contributed by atoms with Crippen LogP contribution in [0.3, 0.4) is 0 Å². The molecule has 2 rings (SSSR count). The highest BCUT2D eigenvalue weighted by atomic mass is 16.2. The Morgan fingerprint density at radius 2 is 1.95 bits per heavy atom. The normalized spacial score (nSPS) is 13.5. The minimum Gasteiger partial charge on any atom is -0.348 e. The summed E-state index contributed by atoms with van der Waals surface area (Å²) in [6, 6.07) is 5.32. The summed E-state index contributed by atoms with van der Waals surface area (Å²) < 4.78 is 0. The number of H-pyrrole nitrogens is 2. The molecular formula is C13H18N4O2. The molecule has 0 aliphatic heterocycles. The largest absolute Gasteiger partial charge is 0.348 e. The number of nitrogens with one attached hydrogen (secondary N) is 3. The van der Waals surface area contributed by atoms with Gasteiger partial charge in [0.25, 0.3) is 0 Å². The molecule has 19 heavy (non-hydrogen) atoms. The zero-order chi connectivity index (χ0) is 14.2. The van der Waals surface area contributed by atoms with Crippen LogP contribution in [-0.4, -0.2) is 21.4 Å². The summed E-state index contributed by atoms with van der Waals surface area (Å²) in [6.45, 7) is 5.18. The molecule has 0 fully saturated rings. The second-order valence-electron chi connectivity index (χ2n) is 5.30. The number of rotatable bonds is 3. The van der Waals surface area contributed by atoms with Crippen molar-refractivity contribution in [1.29, 1.82) is 0 Å². The molecule has 0 spiro atoms. The van der Waals surface area contributed by atoms with Gasteiger partial charge in [-0.05, 0) is 38.5 Å². The number of fused-ring (bicyclic) bond motifs is 1. The summed E-state index contributed by atoms with van der Waals surface area (Å²) in [5, 5.41) is 2.84. The van der Waals surface area contributed by atoms with Gasteiger partial charge in [0.05, 0.1) is 22.6 Å². The van der Waals surface area contributed by atoms with Gasteiger partial charge in [-0.25, -0.2) is 4.79 Å². The minimum absolute atomic E-state index is 0.182. The molecule has 0 bridgehead atoms. The third-order valence-corrected chi connectivity index (χ3v) is 2.97. The number of aromatic amines is 2. The first-order chi connectivity index (χ1) is 8.77. The van der Waals surface area contributed by atoms with E-state index in [0.29, 0.717) is 0 Å². The van der Waals surface area contributed by atoms with Crippen LogP contribution in [0.5, 0.6) is 0 Å². The van der Waals surface area contributed by atoms with Crippen molar-refractivity contribution in [2.75, 3.05) is 0 Å². The maximum Gasteiger partial charge on any atom is 0.323 e. The first kappa shape index (κ1) is 13.4. The fourth-order valence-corrected chi connectivity index (χ4v) is 1.79. The van der Waals surface area contributed by atoms with Crippen LogP contribution in [0.2, 0.25) is 0 Å². The van der Waals surface area contributed by atoms with E-state index in [0.717, 1.165) is 16.6 Å². The van der Waals surface area contributed by atoms with Crippen molar-refractivity contribution in [1.82, 2.24) is 15.3 Å². The Balaban J connectivity index is 2.24. The maximum absolute atomic E-state index is 11.8. The lowest BCUT2D eigenvalue weighted by molar-refractivity contribution is -0.125. The number of hydrogen-bond donors (Lipinski definition) is 4. The van der Waals surface area contributed by atoms with Crippen LogP contribution in [0.15, 0.2) is 23.0 Å². The zero-order valence-corrected chi connectivity index (χ0v) is 11.2. The van der Waals surface area contributed by atoms with Gasteiger partial charge in [0, 0.05) is 0 Å². The lowest BCUT2D eigenvalue weighted by Crippen LogP contribution is -2.49. The Hall–Kier alpha value is -2.08. The van der Waals surface area contributed by atoms with E-state index in [9.17, 15) is 9.59 Å². The van der Waals surface area contributed by atoms with E-state index in [-0.39, 0.29) is 17.6 Å². The van der Waals surface area contributed by atoms with Gasteiger partial charge in [0.1, 0.15) is 0 Å². The van der Waals surface area contributed by atoms with Crippen molar-refractivity contribution >= 4 is 16.9 Å². The summed E-state index contributed by atoms with van der Waals surface area (Å²) in [7, 11) is 0. The van der Waals surface area contributed by atoms with Gasteiger partial charge < -0.3 is 21.0 Å². The molecule has 1 heterocycles. The van der Waals surface area contributed by atoms with Crippen LogP contribution in [0.1, 0.15) is 32.4 Å². The standard InChI is InChI=1S/C13H18N4O2/c1-7(15-11(18)13(2,3)14)8-4-5-9-10(6-8)17-12(19)16-9/h4-7H,14H2,1-3H3,(H,15,18)(H2,16,17,19). The van der Waals surface area contributed by atoms with E-state index in [1.807, 2.05) is 19.1 Å². The first-order valence-corrected chi connectivity index (χ1v) is 6.09. The third-order valence-electron chi connectivity index (χ3n) is 2.97. The van der Waals surface area contributed by atoms with E-state index in [4.69, 9.17) is 5.73 Å². The zero-order valence-electron chi connectivity index (χ0n) is 11.2. The molecule has 1 atom stereocenters. The fraction of sp³-hybridized carbons (Fsp3) is 0.385. The molecule has 0 saturated carbocycles. The molecule has 0 aliphatic rings. The summed E-state index contributed by atoms with van der Waals surface area (Å²) in [5.74, 6) is -0.220. The van der Waals surface area contributed by atoms with Crippen molar-refractivity contribution in [2.45, 2.75) is 32.4 Å². The predicted molar refractivity (Wildman–Crippen MR) is 73.7 cm³/mol. The molecule has 0 saturated heterocycles. The molecule has 0 radical (unpaired) electrons. The smallest absolute Gasteiger partial charge is 0.323 e. The van der Waals surface area contributed by atoms with Gasteiger partial charge in [-0.15, -0.1) is 0 Å². The molecule has 6 heteroatoms. The Labute approximate surface area is 110 Å². The third kappa shape index (κ3) is 2.85. The average molecular weight is 262 g/mol. The summed E-state index contributed by atoms with van der Waals surface area (Å²) in [5.41, 5.74) is 6.94. The number of amides is 1. The fourth-order valence-electron chi connectivity index (χ4n) is 1.79. The lowest BCUT2D eigenvalue weighted by Gasteiger charge is -2.22. The summed E-state index contributed by atoms with van der Waals surface area (Å²) in [4.78, 5) is 28.4. The Bertz CT molecular complexity index is 663. The highest BCUT2D eigenvalue weighted by Gasteiger charge is 2.23. The monoisotopic (exact) mass is 262 g/mol. The van der Waals surface area contributed by atoms with Crippen molar-refractivity contribution in [2.24, 2.45) is 5.73 Å². The second-order valence-corrected chi connectivity index (χ2v) is 5.30. The number of benzene rings is 1. The summed E-state index contributed by atoms with van der Waals surface area (Å²) >= 11 is 0. The van der Waals surface area contributed by atoms with Crippen molar-refractivity contribution in [3.8, 4) is 0 Å². The number of aromatic nitrogens is 2. The molecule has 2 aromatic rings. The topological polar surface area (TPSA) is 104 Å². The van der Waals surface area contributed by atoms with E-state index >= 15 is 0 Å². The Morgan fingerprint density at radius 1 is 1.32 bits per heavy atom. The molecular weight excluding hydrogens is 244 g/mol. The van der Waals surface area contributed by atoms with Gasteiger partial charge in [-0.3, -0.25) is 4.79 Å². The number of carbonyl (C=O) groups is 1. The van der Waals surface area contributed by atoms with Gasteiger partial charge in [0.15, 0.2) is 0 Å². The van der Waals surface area contributed by atoms with Gasteiger partial charge in [-0.1, -0.05) is 6.07 Å². The first-order valence-electron chi connectivity index (χ1n) is 6.09. The minimum atomic E-state index is -0.916. The van der Waals surface area contributed by atoms with Gasteiger partial charge in [0.2, 0.25) is 5.91 Å². The van der Waals surface area contributed by atoms with Crippen molar-refractivity contribution < 1.29 is 4.79 Å². The van der Waals surface area contributed by atoms with E-state index in [2.05, 4.69) is 15.3 Å². The Kier molecular flexibility index (Phi) is 3.20. The Morgan fingerprint density at radius 3 is 2.58 bits per heavy atom. The van der Waals surface area contributed by atoms with Crippen molar-refractivity contribution in [3.05, 3.63) is 34.2 Å². The second kappa shape index (κ2) is 4.55. The van der Waals surface area contributed by atoms with E-state index in [1.165, 1.54) is 0 Å². The molecule has 1 unspecified atom stereocenters.